The van der Waals surface area contributed by atoms with Crippen molar-refractivity contribution >= 4 is 22.4 Å². The third kappa shape index (κ3) is 6.90. The third-order valence-corrected chi connectivity index (χ3v) is 5.33. The van der Waals surface area contributed by atoms with Gasteiger partial charge in [0.2, 0.25) is 5.91 Å². The fourth-order valence-electron chi connectivity index (χ4n) is 3.14. The molecule has 1 saturated heterocycles. The molecular weight excluding hydrogens is 306 g/mol. The van der Waals surface area contributed by atoms with Crippen LogP contribution in [0.2, 0.25) is 0 Å². The lowest BCUT2D eigenvalue weighted by Gasteiger charge is -2.15. The van der Waals surface area contributed by atoms with Crippen molar-refractivity contribution in [3.05, 3.63) is 11.6 Å². The largest absolute Gasteiger partial charge is 0.352 e. The summed E-state index contributed by atoms with van der Waals surface area (Å²) in [6.45, 7) is 4.14. The Bertz CT molecular complexity index is 435. The topological polar surface area (TPSA) is 45.2 Å². The molecule has 2 heterocycles. The molecule has 1 atom stereocenters. The molecule has 1 aromatic rings. The molecule has 1 aliphatic rings. The van der Waals surface area contributed by atoms with Crippen molar-refractivity contribution in [2.75, 3.05) is 18.0 Å². The zero-order valence-corrected chi connectivity index (χ0v) is 15.2. The predicted molar refractivity (Wildman–Crippen MR) is 98.1 cm³/mol. The van der Waals surface area contributed by atoms with Gasteiger partial charge in [-0.2, -0.15) is 0 Å². The van der Waals surface area contributed by atoms with Crippen LogP contribution in [0.1, 0.15) is 71.1 Å². The number of hydrogen-bond acceptors (Lipinski definition) is 4. The lowest BCUT2D eigenvalue weighted by molar-refractivity contribution is -0.121. The minimum Gasteiger partial charge on any atom is -0.352 e. The van der Waals surface area contributed by atoms with E-state index in [-0.39, 0.29) is 5.91 Å². The van der Waals surface area contributed by atoms with Gasteiger partial charge in [0.05, 0.1) is 0 Å². The molecule has 1 fully saturated rings. The number of unbranched alkanes of at least 4 members (excludes halogenated alkanes) is 7. The third-order valence-electron chi connectivity index (χ3n) is 4.50. The van der Waals surface area contributed by atoms with Gasteiger partial charge >= 0.3 is 0 Å². The Morgan fingerprint density at radius 1 is 1.26 bits per heavy atom. The van der Waals surface area contributed by atoms with Crippen LogP contribution in [0.4, 0.5) is 5.13 Å². The summed E-state index contributed by atoms with van der Waals surface area (Å²) in [6, 6.07) is 0.292. The van der Waals surface area contributed by atoms with Gasteiger partial charge in [-0.25, -0.2) is 4.98 Å². The highest BCUT2D eigenvalue weighted by Crippen LogP contribution is 2.22. The lowest BCUT2D eigenvalue weighted by atomic mass is 10.1. The second-order valence-electron chi connectivity index (χ2n) is 6.54. The molecule has 2 rings (SSSR count). The quantitative estimate of drug-likeness (QED) is 0.610. The van der Waals surface area contributed by atoms with Crippen LogP contribution in [0.25, 0.3) is 0 Å². The maximum Gasteiger partial charge on any atom is 0.220 e. The van der Waals surface area contributed by atoms with Gasteiger partial charge < -0.3 is 10.2 Å². The molecule has 130 valence electrons. The fraction of sp³-hybridized carbons (Fsp3) is 0.778. The van der Waals surface area contributed by atoms with Crippen molar-refractivity contribution in [2.45, 2.75) is 77.2 Å². The first-order valence-electron chi connectivity index (χ1n) is 9.23. The smallest absolute Gasteiger partial charge is 0.220 e. The number of nitrogens with one attached hydrogen (secondary N) is 1. The summed E-state index contributed by atoms with van der Waals surface area (Å²) >= 11 is 1.67. The molecule has 5 heteroatoms. The van der Waals surface area contributed by atoms with Crippen LogP contribution in [0.15, 0.2) is 11.6 Å². The van der Waals surface area contributed by atoms with E-state index in [1.807, 2.05) is 11.6 Å². The van der Waals surface area contributed by atoms with Gasteiger partial charge in [0.25, 0.3) is 0 Å². The molecular formula is C18H31N3OS. The summed E-state index contributed by atoms with van der Waals surface area (Å²) in [4.78, 5) is 18.6. The van der Waals surface area contributed by atoms with E-state index in [1.165, 1.54) is 44.9 Å². The van der Waals surface area contributed by atoms with Crippen LogP contribution in [0, 0.1) is 0 Å². The van der Waals surface area contributed by atoms with E-state index >= 15 is 0 Å². The molecule has 1 N–H and O–H groups in total. The van der Waals surface area contributed by atoms with E-state index in [4.69, 9.17) is 0 Å². The zero-order chi connectivity index (χ0) is 16.3. The van der Waals surface area contributed by atoms with Crippen molar-refractivity contribution < 1.29 is 4.79 Å². The van der Waals surface area contributed by atoms with Crippen molar-refractivity contribution in [3.63, 3.8) is 0 Å². The van der Waals surface area contributed by atoms with Gasteiger partial charge in [0.15, 0.2) is 5.13 Å². The summed E-state index contributed by atoms with van der Waals surface area (Å²) in [5.41, 5.74) is 0. The van der Waals surface area contributed by atoms with Crippen LogP contribution in [0.5, 0.6) is 0 Å². The standard InChI is InChI=1S/C18H31N3OS/c1-2-3-4-5-6-7-8-9-10-17(22)20-16-11-13-21(15-16)18-19-12-14-23-18/h12,14,16H,2-11,13,15H2,1H3,(H,20,22). The Labute approximate surface area is 144 Å². The number of hydrogen-bond donors (Lipinski definition) is 1. The first-order valence-corrected chi connectivity index (χ1v) is 10.1. The Morgan fingerprint density at radius 3 is 2.70 bits per heavy atom. The average Bonchev–Trinajstić information content (AvgIpc) is 3.21. The van der Waals surface area contributed by atoms with E-state index in [2.05, 4.69) is 22.1 Å². The second kappa shape index (κ2) is 10.6. The number of aromatic nitrogens is 1. The maximum atomic E-state index is 12.0. The van der Waals surface area contributed by atoms with E-state index in [9.17, 15) is 4.79 Å². The number of carbonyl (C=O) groups excluding carboxylic acids is 1. The number of rotatable bonds is 11. The Balaban J connectivity index is 1.49. The molecule has 0 aromatic carbocycles. The molecule has 0 aliphatic carbocycles. The Hall–Kier alpha value is -1.10. The summed E-state index contributed by atoms with van der Waals surface area (Å²) in [7, 11) is 0. The number of amides is 1. The first kappa shape index (κ1) is 18.2. The number of thiazole rings is 1. The van der Waals surface area contributed by atoms with Crippen LogP contribution < -0.4 is 10.2 Å². The molecule has 0 spiro atoms. The highest BCUT2D eigenvalue weighted by atomic mass is 32.1. The lowest BCUT2D eigenvalue weighted by Crippen LogP contribution is -2.36. The average molecular weight is 338 g/mol. The monoisotopic (exact) mass is 337 g/mol. The number of carbonyl (C=O) groups is 1. The van der Waals surface area contributed by atoms with E-state index < -0.39 is 0 Å². The fourth-order valence-corrected chi connectivity index (χ4v) is 3.82. The summed E-state index contributed by atoms with van der Waals surface area (Å²) < 4.78 is 0. The molecule has 0 bridgehead atoms. The normalized spacial score (nSPS) is 17.6. The van der Waals surface area contributed by atoms with Gasteiger partial charge in [-0.05, 0) is 12.8 Å². The van der Waals surface area contributed by atoms with Crippen LogP contribution in [-0.4, -0.2) is 30.0 Å². The highest BCUT2D eigenvalue weighted by molar-refractivity contribution is 7.13. The molecule has 1 amide bonds. The molecule has 4 nitrogen and oxygen atoms in total. The van der Waals surface area contributed by atoms with Gasteiger partial charge in [-0.15, -0.1) is 11.3 Å². The Morgan fingerprint density at radius 2 is 2.00 bits per heavy atom. The van der Waals surface area contributed by atoms with Crippen molar-refractivity contribution in [1.29, 1.82) is 0 Å². The summed E-state index contributed by atoms with van der Waals surface area (Å²) in [5, 5.41) is 6.26. The van der Waals surface area contributed by atoms with Crippen LogP contribution in [-0.2, 0) is 4.79 Å². The van der Waals surface area contributed by atoms with Crippen LogP contribution in [0.3, 0.4) is 0 Å². The molecule has 1 aliphatic heterocycles. The molecule has 23 heavy (non-hydrogen) atoms. The van der Waals surface area contributed by atoms with E-state index in [1.54, 1.807) is 11.3 Å². The van der Waals surface area contributed by atoms with E-state index in [0.717, 1.165) is 31.1 Å². The highest BCUT2D eigenvalue weighted by Gasteiger charge is 2.24. The molecule has 0 radical (unpaired) electrons. The van der Waals surface area contributed by atoms with Crippen LogP contribution >= 0.6 is 11.3 Å². The van der Waals surface area contributed by atoms with Crippen molar-refractivity contribution in [1.82, 2.24) is 10.3 Å². The van der Waals surface area contributed by atoms with E-state index in [0.29, 0.717) is 12.5 Å². The first-order chi connectivity index (χ1) is 11.3. The molecule has 1 unspecified atom stereocenters. The van der Waals surface area contributed by atoms with Gasteiger partial charge in [0, 0.05) is 37.1 Å². The van der Waals surface area contributed by atoms with Gasteiger partial charge in [-0.3, -0.25) is 4.79 Å². The number of anilines is 1. The summed E-state index contributed by atoms with van der Waals surface area (Å²) in [5.74, 6) is 0.224. The maximum absolute atomic E-state index is 12.0. The zero-order valence-electron chi connectivity index (χ0n) is 14.4. The predicted octanol–water partition coefficient (Wildman–Crippen LogP) is 4.37. The van der Waals surface area contributed by atoms with Gasteiger partial charge in [0.1, 0.15) is 0 Å². The SMILES string of the molecule is CCCCCCCCCCC(=O)NC1CCN(c2nccs2)C1. The molecule has 0 saturated carbocycles. The Kier molecular flexibility index (Phi) is 8.43. The summed E-state index contributed by atoms with van der Waals surface area (Å²) in [6.07, 6.45) is 13.8. The second-order valence-corrected chi connectivity index (χ2v) is 7.41. The van der Waals surface area contributed by atoms with Gasteiger partial charge in [-0.1, -0.05) is 51.9 Å². The van der Waals surface area contributed by atoms with Crippen molar-refractivity contribution in [2.24, 2.45) is 0 Å². The number of nitrogens with zero attached hydrogens (tertiary/aromatic N) is 2. The minimum atomic E-state index is 0.224. The molecule has 1 aromatic heterocycles. The van der Waals surface area contributed by atoms with Crippen molar-refractivity contribution in [3.8, 4) is 0 Å². The minimum absolute atomic E-state index is 0.224.